The standard InChI is InChI=1S/C17H18N2O4S/c20-17(18-13-3-1-2-4-13)16-9-12(11-24-16)10-23-15-7-5-14(6-8-15)19(21)22/h5-9,11,13H,1-4,10H2,(H,18,20). The Kier molecular flexibility index (Phi) is 5.10. The van der Waals surface area contributed by atoms with Gasteiger partial charge in [0.15, 0.2) is 0 Å². The average molecular weight is 346 g/mol. The van der Waals surface area contributed by atoms with Crippen molar-refractivity contribution in [2.45, 2.75) is 38.3 Å². The van der Waals surface area contributed by atoms with E-state index in [2.05, 4.69) is 5.32 Å². The third kappa shape index (κ3) is 4.11. The fourth-order valence-corrected chi connectivity index (χ4v) is 3.53. The first-order chi connectivity index (χ1) is 11.6. The fourth-order valence-electron chi connectivity index (χ4n) is 2.73. The Morgan fingerprint density at radius 1 is 1.29 bits per heavy atom. The van der Waals surface area contributed by atoms with Gasteiger partial charge in [-0.2, -0.15) is 0 Å². The molecule has 1 amide bonds. The molecule has 6 nitrogen and oxygen atoms in total. The zero-order valence-corrected chi connectivity index (χ0v) is 13.9. The number of nitro groups is 1. The lowest BCUT2D eigenvalue weighted by Crippen LogP contribution is -2.31. The average Bonchev–Trinajstić information content (AvgIpc) is 3.25. The van der Waals surface area contributed by atoms with E-state index in [-0.39, 0.29) is 11.6 Å². The number of rotatable bonds is 6. The number of non-ortho nitro benzene ring substituents is 1. The summed E-state index contributed by atoms with van der Waals surface area (Å²) in [5.41, 5.74) is 0.943. The monoisotopic (exact) mass is 346 g/mol. The molecule has 1 fully saturated rings. The van der Waals surface area contributed by atoms with Crippen molar-refractivity contribution in [1.29, 1.82) is 0 Å². The number of hydrogen-bond donors (Lipinski definition) is 1. The second-order valence-electron chi connectivity index (χ2n) is 5.81. The summed E-state index contributed by atoms with van der Waals surface area (Å²) in [6.07, 6.45) is 4.49. The van der Waals surface area contributed by atoms with E-state index in [4.69, 9.17) is 4.74 Å². The number of benzene rings is 1. The van der Waals surface area contributed by atoms with Crippen molar-refractivity contribution in [2.75, 3.05) is 0 Å². The van der Waals surface area contributed by atoms with Crippen LogP contribution in [0.5, 0.6) is 5.75 Å². The molecule has 1 aromatic heterocycles. The van der Waals surface area contributed by atoms with E-state index < -0.39 is 4.92 Å². The molecule has 0 unspecified atom stereocenters. The van der Waals surface area contributed by atoms with E-state index in [1.807, 2.05) is 11.4 Å². The molecular weight excluding hydrogens is 328 g/mol. The maximum absolute atomic E-state index is 12.2. The van der Waals surface area contributed by atoms with E-state index >= 15 is 0 Å². The lowest BCUT2D eigenvalue weighted by molar-refractivity contribution is -0.384. The van der Waals surface area contributed by atoms with Crippen LogP contribution in [-0.4, -0.2) is 16.9 Å². The number of carbonyl (C=O) groups excluding carboxylic acids is 1. The minimum Gasteiger partial charge on any atom is -0.489 e. The molecule has 0 radical (unpaired) electrons. The number of carbonyl (C=O) groups is 1. The second kappa shape index (κ2) is 7.44. The van der Waals surface area contributed by atoms with Crippen molar-refractivity contribution in [3.05, 3.63) is 56.3 Å². The van der Waals surface area contributed by atoms with Crippen molar-refractivity contribution in [3.8, 4) is 5.75 Å². The molecule has 7 heteroatoms. The van der Waals surface area contributed by atoms with E-state index in [0.29, 0.717) is 23.3 Å². The Balaban J connectivity index is 1.53. The molecule has 1 aromatic carbocycles. The third-order valence-electron chi connectivity index (χ3n) is 4.02. The third-order valence-corrected chi connectivity index (χ3v) is 5.00. The lowest BCUT2D eigenvalue weighted by atomic mass is 10.2. The Labute approximate surface area is 143 Å². The summed E-state index contributed by atoms with van der Waals surface area (Å²) in [4.78, 5) is 23.0. The van der Waals surface area contributed by atoms with Gasteiger partial charge in [-0.1, -0.05) is 12.8 Å². The molecule has 0 saturated heterocycles. The number of thiophene rings is 1. The van der Waals surface area contributed by atoms with Gasteiger partial charge in [-0.3, -0.25) is 14.9 Å². The van der Waals surface area contributed by atoms with Crippen LogP contribution in [0.3, 0.4) is 0 Å². The van der Waals surface area contributed by atoms with Crippen molar-refractivity contribution >= 4 is 22.9 Å². The fraction of sp³-hybridized carbons (Fsp3) is 0.353. The highest BCUT2D eigenvalue weighted by Gasteiger charge is 2.19. The summed E-state index contributed by atoms with van der Waals surface area (Å²) in [5, 5.41) is 15.6. The van der Waals surface area contributed by atoms with Gasteiger partial charge in [0.05, 0.1) is 9.80 Å². The molecule has 1 N–H and O–H groups in total. The largest absolute Gasteiger partial charge is 0.489 e. The van der Waals surface area contributed by atoms with E-state index in [1.54, 1.807) is 12.1 Å². The lowest BCUT2D eigenvalue weighted by Gasteiger charge is -2.10. The molecule has 0 spiro atoms. The predicted octanol–water partition coefficient (Wildman–Crippen LogP) is 3.91. The highest BCUT2D eigenvalue weighted by molar-refractivity contribution is 7.12. The van der Waals surface area contributed by atoms with Gasteiger partial charge in [0, 0.05) is 23.7 Å². The summed E-state index contributed by atoms with van der Waals surface area (Å²) in [6.45, 7) is 0.324. The van der Waals surface area contributed by atoms with Crippen LogP contribution in [0.2, 0.25) is 0 Å². The van der Waals surface area contributed by atoms with Gasteiger partial charge in [0.1, 0.15) is 12.4 Å². The van der Waals surface area contributed by atoms with Crippen LogP contribution >= 0.6 is 11.3 Å². The van der Waals surface area contributed by atoms with Crippen molar-refractivity contribution < 1.29 is 14.5 Å². The molecule has 0 bridgehead atoms. The quantitative estimate of drug-likeness (QED) is 0.635. The smallest absolute Gasteiger partial charge is 0.269 e. The van der Waals surface area contributed by atoms with Crippen LogP contribution in [0.1, 0.15) is 40.9 Å². The summed E-state index contributed by atoms with van der Waals surface area (Å²) >= 11 is 1.40. The highest BCUT2D eigenvalue weighted by atomic mass is 32.1. The molecular formula is C17H18N2O4S. The molecule has 1 heterocycles. The summed E-state index contributed by atoms with van der Waals surface area (Å²) in [6, 6.07) is 8.09. The molecule has 126 valence electrons. The van der Waals surface area contributed by atoms with Gasteiger partial charge in [-0.05, 0) is 36.4 Å². The maximum Gasteiger partial charge on any atom is 0.269 e. The van der Waals surface area contributed by atoms with Crippen LogP contribution in [-0.2, 0) is 6.61 Å². The highest BCUT2D eigenvalue weighted by Crippen LogP contribution is 2.22. The Hall–Kier alpha value is -2.41. The van der Waals surface area contributed by atoms with E-state index in [9.17, 15) is 14.9 Å². The van der Waals surface area contributed by atoms with E-state index in [1.165, 1.54) is 36.3 Å². The zero-order valence-electron chi connectivity index (χ0n) is 13.1. The van der Waals surface area contributed by atoms with Gasteiger partial charge in [-0.15, -0.1) is 11.3 Å². The Bertz CT molecular complexity index is 720. The summed E-state index contributed by atoms with van der Waals surface area (Å²) in [7, 11) is 0. The number of nitrogens with zero attached hydrogens (tertiary/aromatic N) is 1. The number of hydrogen-bond acceptors (Lipinski definition) is 5. The number of nitro benzene ring substituents is 1. The van der Waals surface area contributed by atoms with Gasteiger partial charge >= 0.3 is 0 Å². The molecule has 24 heavy (non-hydrogen) atoms. The molecule has 3 rings (SSSR count). The topological polar surface area (TPSA) is 81.5 Å². The number of nitrogens with one attached hydrogen (secondary N) is 1. The van der Waals surface area contributed by atoms with Gasteiger partial charge < -0.3 is 10.1 Å². The van der Waals surface area contributed by atoms with Crippen LogP contribution in [0.25, 0.3) is 0 Å². The van der Waals surface area contributed by atoms with Gasteiger partial charge in [0.25, 0.3) is 11.6 Å². The first kappa shape index (κ1) is 16.4. The Morgan fingerprint density at radius 2 is 2.00 bits per heavy atom. The van der Waals surface area contributed by atoms with Crippen molar-refractivity contribution in [2.24, 2.45) is 0 Å². The van der Waals surface area contributed by atoms with Crippen molar-refractivity contribution in [3.63, 3.8) is 0 Å². The first-order valence-corrected chi connectivity index (χ1v) is 8.75. The zero-order chi connectivity index (χ0) is 16.9. The molecule has 2 aromatic rings. The minimum atomic E-state index is -0.447. The van der Waals surface area contributed by atoms with E-state index in [0.717, 1.165) is 18.4 Å². The van der Waals surface area contributed by atoms with Crippen LogP contribution in [0.15, 0.2) is 35.7 Å². The summed E-state index contributed by atoms with van der Waals surface area (Å²) in [5.74, 6) is 0.539. The van der Waals surface area contributed by atoms with Crippen LogP contribution in [0, 0.1) is 10.1 Å². The van der Waals surface area contributed by atoms with Crippen molar-refractivity contribution in [1.82, 2.24) is 5.32 Å². The maximum atomic E-state index is 12.2. The summed E-state index contributed by atoms with van der Waals surface area (Å²) < 4.78 is 5.61. The SMILES string of the molecule is O=C(NC1CCCC1)c1cc(COc2ccc([N+](=O)[O-])cc2)cs1. The Morgan fingerprint density at radius 3 is 2.67 bits per heavy atom. The molecule has 0 aliphatic heterocycles. The second-order valence-corrected chi connectivity index (χ2v) is 6.72. The van der Waals surface area contributed by atoms with Gasteiger partial charge in [-0.25, -0.2) is 0 Å². The molecule has 1 aliphatic rings. The predicted molar refractivity (Wildman–Crippen MR) is 91.5 cm³/mol. The minimum absolute atomic E-state index is 0.0199. The molecule has 1 aliphatic carbocycles. The molecule has 0 atom stereocenters. The van der Waals surface area contributed by atoms with Gasteiger partial charge in [0.2, 0.25) is 0 Å². The molecule has 1 saturated carbocycles. The normalized spacial score (nSPS) is 14.5. The van der Waals surface area contributed by atoms with Crippen LogP contribution in [0.4, 0.5) is 5.69 Å². The number of ether oxygens (including phenoxy) is 1. The number of amides is 1. The first-order valence-electron chi connectivity index (χ1n) is 7.87. The van der Waals surface area contributed by atoms with Crippen LogP contribution < -0.4 is 10.1 Å².